The van der Waals surface area contributed by atoms with Crippen molar-refractivity contribution in [2.45, 2.75) is 59.3 Å². The van der Waals surface area contributed by atoms with Crippen LogP contribution in [0, 0.1) is 10.8 Å². The molecule has 1 aliphatic carbocycles. The highest BCUT2D eigenvalue weighted by atomic mass is 14.6. The predicted molar refractivity (Wildman–Crippen MR) is 58.6 cm³/mol. The smallest absolute Gasteiger partial charge is 0.00155 e. The van der Waals surface area contributed by atoms with E-state index in [9.17, 15) is 0 Å². The first kappa shape index (κ1) is 11.0. The zero-order chi connectivity index (χ0) is 9.95. The van der Waals surface area contributed by atoms with Gasteiger partial charge in [-0.25, -0.2) is 0 Å². The Bertz CT molecular complexity index is 147. The normalized spacial score (nSPS) is 24.0. The minimum atomic E-state index is 0.381. The zero-order valence-corrected chi connectivity index (χ0v) is 9.53. The molecule has 0 aromatic rings. The minimum absolute atomic E-state index is 0.381. The van der Waals surface area contributed by atoms with Gasteiger partial charge in [-0.15, -0.1) is 0 Å². The number of nitrogens with two attached hydrogens (primary N) is 1. The molecule has 1 fully saturated rings. The van der Waals surface area contributed by atoms with Crippen molar-refractivity contribution in [1.29, 1.82) is 0 Å². The van der Waals surface area contributed by atoms with Crippen molar-refractivity contribution >= 4 is 0 Å². The van der Waals surface area contributed by atoms with Crippen LogP contribution in [0.5, 0.6) is 0 Å². The lowest BCUT2D eigenvalue weighted by molar-refractivity contribution is 0.0752. The van der Waals surface area contributed by atoms with Crippen molar-refractivity contribution in [3.63, 3.8) is 0 Å². The average Bonchev–Trinajstić information content (AvgIpc) is 2.27. The fourth-order valence-electron chi connectivity index (χ4n) is 2.67. The predicted octanol–water partition coefficient (Wildman–Crippen LogP) is 3.33. The van der Waals surface area contributed by atoms with Gasteiger partial charge >= 0.3 is 0 Å². The van der Waals surface area contributed by atoms with E-state index >= 15 is 0 Å². The van der Waals surface area contributed by atoms with Crippen LogP contribution in [0.15, 0.2) is 0 Å². The van der Waals surface area contributed by atoms with E-state index < -0.39 is 0 Å². The summed E-state index contributed by atoms with van der Waals surface area (Å²) in [6.07, 6.45) is 8.28. The van der Waals surface area contributed by atoms with Gasteiger partial charge in [0, 0.05) is 0 Å². The maximum absolute atomic E-state index is 5.99. The Hall–Kier alpha value is -0.0400. The zero-order valence-electron chi connectivity index (χ0n) is 9.53. The second kappa shape index (κ2) is 4.00. The first-order valence-corrected chi connectivity index (χ1v) is 5.72. The molecule has 0 unspecified atom stereocenters. The van der Waals surface area contributed by atoms with Gasteiger partial charge in [0.1, 0.15) is 0 Å². The van der Waals surface area contributed by atoms with Crippen LogP contribution in [-0.2, 0) is 0 Å². The number of hydrogen-bond donors (Lipinski definition) is 1. The third kappa shape index (κ3) is 2.25. The quantitative estimate of drug-likeness (QED) is 0.620. The largest absolute Gasteiger partial charge is 0.330 e. The van der Waals surface area contributed by atoms with Crippen molar-refractivity contribution in [2.24, 2.45) is 16.6 Å². The minimum Gasteiger partial charge on any atom is -0.330 e. The van der Waals surface area contributed by atoms with Crippen LogP contribution >= 0.6 is 0 Å². The third-order valence-corrected chi connectivity index (χ3v) is 4.04. The van der Waals surface area contributed by atoms with Crippen LogP contribution in [0.3, 0.4) is 0 Å². The van der Waals surface area contributed by atoms with E-state index in [2.05, 4.69) is 20.8 Å². The summed E-state index contributed by atoms with van der Waals surface area (Å²) >= 11 is 0. The van der Waals surface area contributed by atoms with Gasteiger partial charge in [0.25, 0.3) is 0 Å². The molecule has 0 heterocycles. The lowest BCUT2D eigenvalue weighted by Gasteiger charge is -2.44. The summed E-state index contributed by atoms with van der Waals surface area (Å²) in [6.45, 7) is 7.93. The molecular weight excluding hydrogens is 158 g/mol. The molecule has 0 atom stereocenters. The van der Waals surface area contributed by atoms with Gasteiger partial charge in [0.2, 0.25) is 0 Å². The van der Waals surface area contributed by atoms with Crippen LogP contribution in [-0.4, -0.2) is 6.54 Å². The van der Waals surface area contributed by atoms with Crippen LogP contribution in [0.2, 0.25) is 0 Å². The molecule has 0 amide bonds. The van der Waals surface area contributed by atoms with Crippen molar-refractivity contribution in [1.82, 2.24) is 0 Å². The topological polar surface area (TPSA) is 26.0 Å². The van der Waals surface area contributed by atoms with Gasteiger partial charge in [-0.2, -0.15) is 0 Å². The van der Waals surface area contributed by atoms with Crippen molar-refractivity contribution in [2.75, 3.05) is 6.54 Å². The lowest BCUT2D eigenvalue weighted by Crippen LogP contribution is -2.41. The second-order valence-electron chi connectivity index (χ2n) is 5.65. The average molecular weight is 183 g/mol. The maximum Gasteiger partial charge on any atom is -0.00155 e. The van der Waals surface area contributed by atoms with Crippen LogP contribution in [0.25, 0.3) is 0 Å². The molecule has 0 saturated heterocycles. The van der Waals surface area contributed by atoms with Crippen LogP contribution < -0.4 is 5.73 Å². The molecule has 2 N–H and O–H groups in total. The molecule has 1 nitrogen and oxygen atoms in total. The molecule has 0 bridgehead atoms. The summed E-state index contributed by atoms with van der Waals surface area (Å²) in [4.78, 5) is 0. The lowest BCUT2D eigenvalue weighted by atomic mass is 9.62. The van der Waals surface area contributed by atoms with E-state index in [4.69, 9.17) is 5.73 Å². The molecule has 13 heavy (non-hydrogen) atoms. The highest BCUT2D eigenvalue weighted by Gasteiger charge is 2.40. The Balaban J connectivity index is 2.76. The first-order chi connectivity index (χ1) is 6.02. The van der Waals surface area contributed by atoms with E-state index in [0.717, 1.165) is 6.54 Å². The molecule has 1 heteroatoms. The van der Waals surface area contributed by atoms with E-state index in [1.807, 2.05) is 0 Å². The molecule has 0 aromatic heterocycles. The Morgan fingerprint density at radius 1 is 1.00 bits per heavy atom. The molecule has 0 aliphatic heterocycles. The van der Waals surface area contributed by atoms with Gasteiger partial charge < -0.3 is 5.73 Å². The van der Waals surface area contributed by atoms with E-state index in [1.165, 1.54) is 38.5 Å². The van der Waals surface area contributed by atoms with Crippen LogP contribution in [0.4, 0.5) is 0 Å². The summed E-state index contributed by atoms with van der Waals surface area (Å²) in [5, 5.41) is 0. The van der Waals surface area contributed by atoms with Crippen molar-refractivity contribution in [3.05, 3.63) is 0 Å². The summed E-state index contributed by atoms with van der Waals surface area (Å²) in [7, 11) is 0. The van der Waals surface area contributed by atoms with E-state index in [-0.39, 0.29) is 0 Å². The fourth-order valence-corrected chi connectivity index (χ4v) is 2.67. The van der Waals surface area contributed by atoms with Gasteiger partial charge in [-0.05, 0) is 30.2 Å². The third-order valence-electron chi connectivity index (χ3n) is 4.04. The number of rotatable bonds is 1. The Labute approximate surface area is 83.1 Å². The molecule has 1 rings (SSSR count). The molecular formula is C12H25N. The molecule has 1 saturated carbocycles. The summed E-state index contributed by atoms with van der Waals surface area (Å²) in [5.74, 6) is 0. The fraction of sp³-hybridized carbons (Fsp3) is 1.00. The van der Waals surface area contributed by atoms with Crippen molar-refractivity contribution in [3.8, 4) is 0 Å². The molecule has 1 aliphatic rings. The Morgan fingerprint density at radius 2 is 1.46 bits per heavy atom. The first-order valence-electron chi connectivity index (χ1n) is 5.72. The highest BCUT2D eigenvalue weighted by Crippen LogP contribution is 2.47. The molecule has 0 radical (unpaired) electrons. The number of hydrogen-bond acceptors (Lipinski definition) is 1. The Morgan fingerprint density at radius 3 is 1.77 bits per heavy atom. The van der Waals surface area contributed by atoms with E-state index in [0.29, 0.717) is 10.8 Å². The highest BCUT2D eigenvalue weighted by molar-refractivity contribution is 4.92. The molecule has 78 valence electrons. The summed E-state index contributed by atoms with van der Waals surface area (Å²) in [5.41, 5.74) is 6.80. The SMILES string of the molecule is CC(C)(C)C1(CN)CCCCCC1. The second-order valence-corrected chi connectivity index (χ2v) is 5.65. The molecule has 0 aromatic carbocycles. The van der Waals surface area contributed by atoms with Gasteiger partial charge in [-0.3, -0.25) is 0 Å². The standard InChI is InChI=1S/C12H25N/c1-11(2,3)12(10-13)8-6-4-5-7-9-12/h4-10,13H2,1-3H3. The van der Waals surface area contributed by atoms with Gasteiger partial charge in [0.05, 0.1) is 0 Å². The van der Waals surface area contributed by atoms with Crippen LogP contribution in [0.1, 0.15) is 59.3 Å². The summed E-state index contributed by atoms with van der Waals surface area (Å²) in [6, 6.07) is 0. The van der Waals surface area contributed by atoms with Gasteiger partial charge in [0.15, 0.2) is 0 Å². The van der Waals surface area contributed by atoms with E-state index in [1.54, 1.807) is 0 Å². The maximum atomic E-state index is 5.99. The Kier molecular flexibility index (Phi) is 3.39. The monoisotopic (exact) mass is 183 g/mol. The summed E-state index contributed by atoms with van der Waals surface area (Å²) < 4.78 is 0. The van der Waals surface area contributed by atoms with Crippen molar-refractivity contribution < 1.29 is 0 Å². The molecule has 0 spiro atoms. The van der Waals surface area contributed by atoms with Gasteiger partial charge in [-0.1, -0.05) is 46.5 Å².